The van der Waals surface area contributed by atoms with E-state index in [4.69, 9.17) is 0 Å². The van der Waals surface area contributed by atoms with Crippen LogP contribution in [0.1, 0.15) is 23.1 Å². The molecular formula is C19H22N6O. The quantitative estimate of drug-likeness (QED) is 0.678. The highest BCUT2D eigenvalue weighted by Crippen LogP contribution is 2.21. The second-order valence-electron chi connectivity index (χ2n) is 6.78. The largest absolute Gasteiger partial charge is 0.334 e. The third-order valence-corrected chi connectivity index (χ3v) is 4.72. The second-order valence-corrected chi connectivity index (χ2v) is 6.78. The highest BCUT2D eigenvalue weighted by Gasteiger charge is 2.12. The zero-order valence-electron chi connectivity index (χ0n) is 14.7. The average Bonchev–Trinajstić information content (AvgIpc) is 3.01. The molecule has 2 aromatic carbocycles. The first-order valence-corrected chi connectivity index (χ1v) is 8.82. The van der Waals surface area contributed by atoms with Crippen LogP contribution in [-0.4, -0.2) is 39.9 Å². The summed E-state index contributed by atoms with van der Waals surface area (Å²) in [6.07, 6.45) is 2.27. The van der Waals surface area contributed by atoms with E-state index in [-0.39, 0.29) is 6.03 Å². The number of fused-ring (bicyclic) bond motifs is 2. The molecule has 26 heavy (non-hydrogen) atoms. The molecular weight excluding hydrogens is 328 g/mol. The number of hydrogen-bond donors (Lipinski definition) is 3. The number of nitrogens with one attached hydrogen (secondary N) is 3. The molecule has 7 heteroatoms. The van der Waals surface area contributed by atoms with Crippen molar-refractivity contribution in [3.8, 4) is 0 Å². The van der Waals surface area contributed by atoms with Crippen LogP contribution in [0.2, 0.25) is 0 Å². The smallest absolute Gasteiger partial charge is 0.319 e. The van der Waals surface area contributed by atoms with Crippen molar-refractivity contribution in [1.29, 1.82) is 0 Å². The lowest BCUT2D eigenvalue weighted by molar-refractivity contribution is 0.251. The summed E-state index contributed by atoms with van der Waals surface area (Å²) in [7, 11) is 2.13. The van der Waals surface area contributed by atoms with Gasteiger partial charge in [0.15, 0.2) is 0 Å². The number of anilines is 1. The fourth-order valence-corrected chi connectivity index (χ4v) is 3.36. The first-order valence-electron chi connectivity index (χ1n) is 8.82. The van der Waals surface area contributed by atoms with Crippen LogP contribution >= 0.6 is 0 Å². The number of hydrogen-bond acceptors (Lipinski definition) is 4. The Balaban J connectivity index is 1.38. The third kappa shape index (κ3) is 3.67. The maximum absolute atomic E-state index is 12.2. The Hall–Kier alpha value is -2.93. The van der Waals surface area contributed by atoms with Crippen LogP contribution in [0.3, 0.4) is 0 Å². The molecule has 3 aromatic rings. The Kier molecular flexibility index (Phi) is 4.53. The number of aromatic amines is 1. The van der Waals surface area contributed by atoms with Crippen LogP contribution < -0.4 is 10.6 Å². The standard InChI is InChI=1S/C19H22N6O/c1-25-8-2-3-14-5-6-16(10-15(14)12-25)21-19(26)20-11-13-4-7-17-18(9-13)23-24-22-17/h4-7,9-10H,2-3,8,11-12H2,1H3,(H2,20,21,26)(H,22,23,24). The molecule has 134 valence electrons. The number of H-pyrrole nitrogens is 1. The van der Waals surface area contributed by atoms with Gasteiger partial charge < -0.3 is 15.5 Å². The Morgan fingerprint density at radius 3 is 2.96 bits per heavy atom. The molecule has 0 saturated heterocycles. The van der Waals surface area contributed by atoms with Crippen molar-refractivity contribution in [3.05, 3.63) is 53.1 Å². The van der Waals surface area contributed by atoms with Crippen molar-refractivity contribution >= 4 is 22.8 Å². The van der Waals surface area contributed by atoms with Crippen molar-refractivity contribution in [2.75, 3.05) is 18.9 Å². The molecule has 2 heterocycles. The fourth-order valence-electron chi connectivity index (χ4n) is 3.36. The minimum Gasteiger partial charge on any atom is -0.334 e. The summed E-state index contributed by atoms with van der Waals surface area (Å²) in [5.74, 6) is 0. The number of carbonyl (C=O) groups excluding carboxylic acids is 1. The van der Waals surface area contributed by atoms with E-state index >= 15 is 0 Å². The maximum atomic E-state index is 12.2. The summed E-state index contributed by atoms with van der Waals surface area (Å²) in [5.41, 5.74) is 6.07. The predicted molar refractivity (Wildman–Crippen MR) is 101 cm³/mol. The maximum Gasteiger partial charge on any atom is 0.319 e. The third-order valence-electron chi connectivity index (χ3n) is 4.72. The van der Waals surface area contributed by atoms with Gasteiger partial charge in [-0.15, -0.1) is 0 Å². The van der Waals surface area contributed by atoms with Crippen molar-refractivity contribution < 1.29 is 4.79 Å². The van der Waals surface area contributed by atoms with Crippen LogP contribution in [0.25, 0.3) is 11.0 Å². The minimum atomic E-state index is -0.216. The lowest BCUT2D eigenvalue weighted by Crippen LogP contribution is -2.28. The van der Waals surface area contributed by atoms with Gasteiger partial charge in [0.2, 0.25) is 0 Å². The van der Waals surface area contributed by atoms with Gasteiger partial charge in [0, 0.05) is 18.8 Å². The molecule has 0 unspecified atom stereocenters. The van der Waals surface area contributed by atoms with E-state index in [0.717, 1.165) is 41.8 Å². The van der Waals surface area contributed by atoms with Gasteiger partial charge in [-0.3, -0.25) is 0 Å². The van der Waals surface area contributed by atoms with Gasteiger partial charge in [-0.25, -0.2) is 4.79 Å². The summed E-state index contributed by atoms with van der Waals surface area (Å²) < 4.78 is 0. The normalized spacial score (nSPS) is 14.7. The summed E-state index contributed by atoms with van der Waals surface area (Å²) in [4.78, 5) is 14.5. The number of amides is 2. The topological polar surface area (TPSA) is 85.9 Å². The zero-order chi connectivity index (χ0) is 17.9. The summed E-state index contributed by atoms with van der Waals surface area (Å²) in [6, 6.07) is 11.7. The number of urea groups is 1. The Morgan fingerprint density at radius 2 is 2.04 bits per heavy atom. The van der Waals surface area contributed by atoms with Crippen LogP contribution in [0.5, 0.6) is 0 Å². The van der Waals surface area contributed by atoms with E-state index in [2.05, 4.69) is 50.1 Å². The molecule has 1 aliphatic heterocycles. The molecule has 3 N–H and O–H groups in total. The van der Waals surface area contributed by atoms with Crippen molar-refractivity contribution in [1.82, 2.24) is 25.6 Å². The molecule has 0 spiro atoms. The zero-order valence-corrected chi connectivity index (χ0v) is 14.7. The van der Waals surface area contributed by atoms with Crippen molar-refractivity contribution in [2.45, 2.75) is 25.9 Å². The van der Waals surface area contributed by atoms with Crippen LogP contribution in [0.4, 0.5) is 10.5 Å². The molecule has 0 saturated carbocycles. The van der Waals surface area contributed by atoms with E-state index in [1.165, 1.54) is 17.5 Å². The molecule has 0 fully saturated rings. The molecule has 0 atom stereocenters. The van der Waals surface area contributed by atoms with Crippen LogP contribution in [-0.2, 0) is 19.5 Å². The number of aryl methyl sites for hydroxylation is 1. The lowest BCUT2D eigenvalue weighted by Gasteiger charge is -2.15. The minimum absolute atomic E-state index is 0.216. The lowest BCUT2D eigenvalue weighted by atomic mass is 10.0. The molecule has 2 amide bonds. The number of rotatable bonds is 3. The van der Waals surface area contributed by atoms with Crippen LogP contribution in [0, 0.1) is 0 Å². The molecule has 7 nitrogen and oxygen atoms in total. The van der Waals surface area contributed by atoms with Crippen LogP contribution in [0.15, 0.2) is 36.4 Å². The molecule has 4 rings (SSSR count). The summed E-state index contributed by atoms with van der Waals surface area (Å²) in [5, 5.41) is 16.5. The van der Waals surface area contributed by atoms with Crippen molar-refractivity contribution in [2.24, 2.45) is 0 Å². The Labute approximate surface area is 151 Å². The van der Waals surface area contributed by atoms with E-state index in [9.17, 15) is 4.79 Å². The fraction of sp³-hybridized carbons (Fsp3) is 0.316. The summed E-state index contributed by atoms with van der Waals surface area (Å²) in [6.45, 7) is 2.46. The monoisotopic (exact) mass is 350 g/mol. The van der Waals surface area contributed by atoms with Gasteiger partial charge in [0.05, 0.1) is 0 Å². The SMILES string of the molecule is CN1CCCc2ccc(NC(=O)NCc3ccc4n[nH]nc4c3)cc2C1. The van der Waals surface area contributed by atoms with E-state index in [1.54, 1.807) is 0 Å². The summed E-state index contributed by atoms with van der Waals surface area (Å²) >= 11 is 0. The predicted octanol–water partition coefficient (Wildman–Crippen LogP) is 2.66. The molecule has 1 aromatic heterocycles. The number of carbonyl (C=O) groups is 1. The van der Waals surface area contributed by atoms with Crippen molar-refractivity contribution in [3.63, 3.8) is 0 Å². The average molecular weight is 350 g/mol. The van der Waals surface area contributed by atoms with E-state index < -0.39 is 0 Å². The molecule has 0 bridgehead atoms. The second kappa shape index (κ2) is 7.13. The van der Waals surface area contributed by atoms with Gasteiger partial charge in [-0.05, 0) is 67.4 Å². The van der Waals surface area contributed by atoms with Gasteiger partial charge >= 0.3 is 6.03 Å². The molecule has 0 radical (unpaired) electrons. The Bertz CT molecular complexity index is 935. The molecule has 0 aliphatic carbocycles. The molecule has 1 aliphatic rings. The Morgan fingerprint density at radius 1 is 1.15 bits per heavy atom. The van der Waals surface area contributed by atoms with Gasteiger partial charge in [-0.1, -0.05) is 12.1 Å². The number of benzene rings is 2. The highest BCUT2D eigenvalue weighted by atomic mass is 16.2. The van der Waals surface area contributed by atoms with Gasteiger partial charge in [0.25, 0.3) is 0 Å². The van der Waals surface area contributed by atoms with Gasteiger partial charge in [-0.2, -0.15) is 15.4 Å². The first-order chi connectivity index (χ1) is 12.7. The number of nitrogens with zero attached hydrogens (tertiary/aromatic N) is 3. The highest BCUT2D eigenvalue weighted by molar-refractivity contribution is 5.89. The first kappa shape index (κ1) is 16.5. The number of aromatic nitrogens is 3. The van der Waals surface area contributed by atoms with Gasteiger partial charge in [0.1, 0.15) is 11.0 Å². The van der Waals surface area contributed by atoms with E-state index in [1.807, 2.05) is 24.3 Å². The van der Waals surface area contributed by atoms with E-state index in [0.29, 0.717) is 6.54 Å².